The van der Waals surface area contributed by atoms with Crippen LogP contribution in [0.5, 0.6) is 0 Å². The molecule has 4 heteroatoms. The number of carbonyl (C=O) groups excluding carboxylic acids is 1. The van der Waals surface area contributed by atoms with Crippen molar-refractivity contribution in [1.82, 2.24) is 9.80 Å². The van der Waals surface area contributed by atoms with Gasteiger partial charge in [-0.05, 0) is 37.9 Å². The maximum absolute atomic E-state index is 12.3. The Morgan fingerprint density at radius 2 is 1.81 bits per heavy atom. The lowest BCUT2D eigenvalue weighted by molar-refractivity contribution is -0.129. The second-order valence-electron chi connectivity index (χ2n) is 5.13. The Bertz CT molecular complexity index is 303. The van der Waals surface area contributed by atoms with Crippen LogP contribution in [0.3, 0.4) is 0 Å². The smallest absolute Gasteiger partial charge is 0.251 e. The summed E-state index contributed by atoms with van der Waals surface area (Å²) in [5.74, 6) is 0.286. The molecular weight excluding hydrogens is 220 g/mol. The molecule has 0 spiro atoms. The summed E-state index contributed by atoms with van der Waals surface area (Å²) in [6.45, 7) is 0.985. The Kier molecular flexibility index (Phi) is 2.62. The van der Waals surface area contributed by atoms with Gasteiger partial charge < -0.3 is 4.90 Å². The fourth-order valence-electron chi connectivity index (χ4n) is 3.32. The van der Waals surface area contributed by atoms with Gasteiger partial charge in [0.25, 0.3) is 5.91 Å². The number of rotatable bonds is 1. The lowest BCUT2D eigenvalue weighted by Crippen LogP contribution is -2.42. The molecule has 0 aromatic rings. The predicted molar refractivity (Wildman–Crippen MR) is 66.0 cm³/mol. The maximum atomic E-state index is 12.3. The van der Waals surface area contributed by atoms with Crippen LogP contribution in [0.25, 0.3) is 0 Å². The molecule has 3 nitrogen and oxygen atoms in total. The van der Waals surface area contributed by atoms with Gasteiger partial charge in [-0.3, -0.25) is 9.69 Å². The summed E-state index contributed by atoms with van der Waals surface area (Å²) < 4.78 is 0. The average molecular weight is 238 g/mol. The number of hydrogen-bond donors (Lipinski definition) is 0. The van der Waals surface area contributed by atoms with Crippen molar-refractivity contribution in [2.75, 3.05) is 6.54 Å². The van der Waals surface area contributed by atoms with E-state index in [4.69, 9.17) is 12.2 Å². The second kappa shape index (κ2) is 3.99. The molecule has 0 unspecified atom stereocenters. The first-order valence-corrected chi connectivity index (χ1v) is 6.83. The van der Waals surface area contributed by atoms with Crippen LogP contribution in [0.4, 0.5) is 0 Å². The lowest BCUT2D eigenvalue weighted by atomic mass is 9.94. The SMILES string of the molecule is O=C1[C@H]2CCCN2C(=S)N1C1CCCCC1. The summed E-state index contributed by atoms with van der Waals surface area (Å²) in [5, 5.41) is 0.819. The van der Waals surface area contributed by atoms with Crippen LogP contribution in [0.2, 0.25) is 0 Å². The van der Waals surface area contributed by atoms with Gasteiger partial charge in [0.2, 0.25) is 0 Å². The first-order valence-electron chi connectivity index (χ1n) is 6.43. The third kappa shape index (κ3) is 1.46. The minimum atomic E-state index is 0.0921. The van der Waals surface area contributed by atoms with Gasteiger partial charge in [-0.25, -0.2) is 0 Å². The molecule has 1 amide bonds. The fraction of sp³-hybridized carbons (Fsp3) is 0.833. The highest BCUT2D eigenvalue weighted by molar-refractivity contribution is 7.80. The van der Waals surface area contributed by atoms with Crippen LogP contribution in [-0.4, -0.2) is 39.4 Å². The van der Waals surface area contributed by atoms with Gasteiger partial charge >= 0.3 is 0 Å². The van der Waals surface area contributed by atoms with Gasteiger partial charge in [0.1, 0.15) is 6.04 Å². The number of hydrogen-bond acceptors (Lipinski definition) is 2. The molecule has 0 aromatic carbocycles. The summed E-state index contributed by atoms with van der Waals surface area (Å²) in [6.07, 6.45) is 8.23. The number of carbonyl (C=O) groups is 1. The summed E-state index contributed by atoms with van der Waals surface area (Å²) in [7, 11) is 0. The van der Waals surface area contributed by atoms with Crippen LogP contribution in [0, 0.1) is 0 Å². The average Bonchev–Trinajstić information content (AvgIpc) is 2.86. The molecule has 3 aliphatic rings. The molecule has 1 aliphatic carbocycles. The van der Waals surface area contributed by atoms with Crippen molar-refractivity contribution >= 4 is 23.2 Å². The minimum absolute atomic E-state index is 0.0921. The van der Waals surface area contributed by atoms with Crippen LogP contribution in [0.1, 0.15) is 44.9 Å². The molecule has 3 fully saturated rings. The molecule has 0 aromatic heterocycles. The Morgan fingerprint density at radius 3 is 2.50 bits per heavy atom. The highest BCUT2D eigenvalue weighted by Gasteiger charge is 2.47. The summed E-state index contributed by atoms with van der Waals surface area (Å²) in [4.78, 5) is 16.4. The highest BCUT2D eigenvalue weighted by Crippen LogP contribution is 2.33. The van der Waals surface area contributed by atoms with Crippen molar-refractivity contribution in [1.29, 1.82) is 0 Å². The summed E-state index contributed by atoms with van der Waals surface area (Å²) in [5.41, 5.74) is 0. The Morgan fingerprint density at radius 1 is 1.06 bits per heavy atom. The van der Waals surface area contributed by atoms with E-state index in [0.29, 0.717) is 6.04 Å². The van der Waals surface area contributed by atoms with E-state index in [1.807, 2.05) is 4.90 Å². The maximum Gasteiger partial charge on any atom is 0.251 e. The van der Waals surface area contributed by atoms with Gasteiger partial charge in [-0.1, -0.05) is 19.3 Å². The van der Waals surface area contributed by atoms with Crippen molar-refractivity contribution in [2.24, 2.45) is 0 Å². The number of amides is 1. The van der Waals surface area contributed by atoms with Gasteiger partial charge in [0.15, 0.2) is 5.11 Å². The normalized spacial score (nSPS) is 31.4. The largest absolute Gasteiger partial charge is 0.337 e. The van der Waals surface area contributed by atoms with E-state index >= 15 is 0 Å². The van der Waals surface area contributed by atoms with Crippen LogP contribution < -0.4 is 0 Å². The zero-order chi connectivity index (χ0) is 11.1. The molecule has 2 aliphatic heterocycles. The van der Waals surface area contributed by atoms with Crippen molar-refractivity contribution in [2.45, 2.75) is 57.0 Å². The molecule has 0 radical (unpaired) electrons. The molecule has 88 valence electrons. The van der Waals surface area contributed by atoms with E-state index in [2.05, 4.69) is 4.90 Å². The van der Waals surface area contributed by atoms with Crippen molar-refractivity contribution in [3.63, 3.8) is 0 Å². The second-order valence-corrected chi connectivity index (χ2v) is 5.50. The van der Waals surface area contributed by atoms with Gasteiger partial charge in [0.05, 0.1) is 0 Å². The Labute approximate surface area is 102 Å². The Hall–Kier alpha value is -0.640. The molecular formula is C12H18N2OS. The Balaban J connectivity index is 1.80. The monoisotopic (exact) mass is 238 g/mol. The quantitative estimate of drug-likeness (QED) is 0.652. The molecule has 16 heavy (non-hydrogen) atoms. The zero-order valence-electron chi connectivity index (χ0n) is 9.52. The molecule has 1 saturated carbocycles. The van der Waals surface area contributed by atoms with Crippen LogP contribution in [-0.2, 0) is 4.79 Å². The third-order valence-electron chi connectivity index (χ3n) is 4.17. The number of nitrogens with zero attached hydrogens (tertiary/aromatic N) is 2. The van der Waals surface area contributed by atoms with E-state index < -0.39 is 0 Å². The van der Waals surface area contributed by atoms with Gasteiger partial charge in [0, 0.05) is 12.6 Å². The van der Waals surface area contributed by atoms with E-state index in [-0.39, 0.29) is 11.9 Å². The molecule has 2 saturated heterocycles. The van der Waals surface area contributed by atoms with Crippen molar-refractivity contribution in [3.05, 3.63) is 0 Å². The zero-order valence-corrected chi connectivity index (χ0v) is 10.3. The lowest BCUT2D eigenvalue weighted by Gasteiger charge is -2.31. The third-order valence-corrected chi connectivity index (χ3v) is 4.60. The summed E-state index contributed by atoms with van der Waals surface area (Å²) in [6, 6.07) is 0.494. The van der Waals surface area contributed by atoms with E-state index in [9.17, 15) is 4.79 Å². The predicted octanol–water partition coefficient (Wildman–Crippen LogP) is 1.91. The highest BCUT2D eigenvalue weighted by atomic mass is 32.1. The van der Waals surface area contributed by atoms with E-state index in [1.165, 1.54) is 19.3 Å². The molecule has 3 rings (SSSR count). The van der Waals surface area contributed by atoms with Crippen LogP contribution >= 0.6 is 12.2 Å². The van der Waals surface area contributed by atoms with Gasteiger partial charge in [-0.15, -0.1) is 0 Å². The summed E-state index contributed by atoms with van der Waals surface area (Å²) >= 11 is 5.47. The van der Waals surface area contributed by atoms with Crippen molar-refractivity contribution in [3.8, 4) is 0 Å². The van der Waals surface area contributed by atoms with Crippen LogP contribution in [0.15, 0.2) is 0 Å². The van der Waals surface area contributed by atoms with E-state index in [0.717, 1.165) is 37.3 Å². The fourth-order valence-corrected chi connectivity index (χ4v) is 3.78. The number of thiocarbonyl (C=S) groups is 1. The van der Waals surface area contributed by atoms with Crippen molar-refractivity contribution < 1.29 is 4.79 Å². The topological polar surface area (TPSA) is 23.6 Å². The minimum Gasteiger partial charge on any atom is -0.337 e. The first-order chi connectivity index (χ1) is 7.79. The standard InChI is InChI=1S/C12H18N2OS/c15-11-10-7-4-8-13(10)12(16)14(11)9-5-2-1-3-6-9/h9-10H,1-8H2/t10-/m1/s1. The van der Waals surface area contributed by atoms with E-state index in [1.54, 1.807) is 0 Å². The number of fused-ring (bicyclic) bond motifs is 1. The molecule has 1 atom stereocenters. The molecule has 2 heterocycles. The van der Waals surface area contributed by atoms with Gasteiger partial charge in [-0.2, -0.15) is 0 Å². The molecule has 0 N–H and O–H groups in total. The first kappa shape index (κ1) is 10.5. The molecule has 0 bridgehead atoms.